The van der Waals surface area contributed by atoms with Gasteiger partial charge in [0.15, 0.2) is 5.82 Å². The molecule has 0 aliphatic rings. The molecular weight excluding hydrogens is 284 g/mol. The van der Waals surface area contributed by atoms with E-state index >= 15 is 0 Å². The molecule has 2 heterocycles. The van der Waals surface area contributed by atoms with Crippen LogP contribution in [0.5, 0.6) is 0 Å². The highest BCUT2D eigenvalue weighted by atomic mass is 35.5. The average Bonchev–Trinajstić information content (AvgIpc) is 3.01. The van der Waals surface area contributed by atoms with Crippen LogP contribution in [0.1, 0.15) is 5.56 Å². The average molecular weight is 297 g/mol. The third kappa shape index (κ3) is 3.12. The van der Waals surface area contributed by atoms with Crippen molar-refractivity contribution in [2.24, 2.45) is 0 Å². The minimum Gasteiger partial charge on any atom is -0.355 e. The molecule has 3 aromatic rings. The minimum atomic E-state index is 0.681. The normalized spacial score (nSPS) is 10.3. The lowest BCUT2D eigenvalue weighted by Gasteiger charge is -2.10. The van der Waals surface area contributed by atoms with E-state index in [-0.39, 0.29) is 0 Å². The Morgan fingerprint density at radius 2 is 2.10 bits per heavy atom. The van der Waals surface area contributed by atoms with Gasteiger partial charge in [-0.3, -0.25) is 0 Å². The SMILES string of the molecule is C=C(Nc1cccc(Cl)c1)c1ccc(-n2cccn2)nc1. The Hall–Kier alpha value is -2.59. The van der Waals surface area contributed by atoms with E-state index in [2.05, 4.69) is 22.0 Å². The van der Waals surface area contributed by atoms with Crippen molar-refractivity contribution in [2.75, 3.05) is 5.32 Å². The molecule has 0 fully saturated rings. The van der Waals surface area contributed by atoms with Crippen LogP contribution in [0, 0.1) is 0 Å². The number of hydrogen-bond donors (Lipinski definition) is 1. The van der Waals surface area contributed by atoms with Gasteiger partial charge in [0.2, 0.25) is 0 Å². The minimum absolute atomic E-state index is 0.681. The van der Waals surface area contributed by atoms with Gasteiger partial charge in [-0.05, 0) is 36.4 Å². The molecule has 5 heteroatoms. The van der Waals surface area contributed by atoms with Gasteiger partial charge in [0.05, 0.1) is 0 Å². The molecule has 0 amide bonds. The molecule has 0 aliphatic carbocycles. The second kappa shape index (κ2) is 5.81. The van der Waals surface area contributed by atoms with Crippen LogP contribution in [0.2, 0.25) is 5.02 Å². The van der Waals surface area contributed by atoms with E-state index < -0.39 is 0 Å². The van der Waals surface area contributed by atoms with Crippen LogP contribution < -0.4 is 5.32 Å². The predicted octanol–water partition coefficient (Wildman–Crippen LogP) is 4.00. The van der Waals surface area contributed by atoms with Crippen molar-refractivity contribution in [2.45, 2.75) is 0 Å². The van der Waals surface area contributed by atoms with Crippen LogP contribution in [-0.2, 0) is 0 Å². The summed E-state index contributed by atoms with van der Waals surface area (Å²) in [4.78, 5) is 4.37. The van der Waals surface area contributed by atoms with Gasteiger partial charge in [-0.1, -0.05) is 24.2 Å². The van der Waals surface area contributed by atoms with E-state index in [4.69, 9.17) is 11.6 Å². The monoisotopic (exact) mass is 296 g/mol. The molecular formula is C16H13ClN4. The molecule has 2 aromatic heterocycles. The van der Waals surface area contributed by atoms with Crippen molar-refractivity contribution in [1.29, 1.82) is 0 Å². The number of anilines is 1. The summed E-state index contributed by atoms with van der Waals surface area (Å²) in [6.45, 7) is 4.03. The maximum Gasteiger partial charge on any atom is 0.153 e. The fraction of sp³-hybridized carbons (Fsp3) is 0. The maximum atomic E-state index is 5.96. The summed E-state index contributed by atoms with van der Waals surface area (Å²) in [7, 11) is 0. The summed E-state index contributed by atoms with van der Waals surface area (Å²) in [6.07, 6.45) is 5.33. The molecule has 1 N–H and O–H groups in total. The highest BCUT2D eigenvalue weighted by Crippen LogP contribution is 2.20. The van der Waals surface area contributed by atoms with Gasteiger partial charge in [-0.25, -0.2) is 9.67 Å². The zero-order valence-corrected chi connectivity index (χ0v) is 12.0. The first-order valence-corrected chi connectivity index (χ1v) is 6.78. The second-order valence-electron chi connectivity index (χ2n) is 4.47. The first kappa shape index (κ1) is 13.4. The Balaban J connectivity index is 1.76. The van der Waals surface area contributed by atoms with Crippen molar-refractivity contribution >= 4 is 23.0 Å². The Bertz CT molecular complexity index is 748. The molecule has 4 nitrogen and oxygen atoms in total. The summed E-state index contributed by atoms with van der Waals surface area (Å²) < 4.78 is 1.71. The van der Waals surface area contributed by atoms with Gasteiger partial charge in [0.25, 0.3) is 0 Å². The molecule has 3 rings (SSSR count). The van der Waals surface area contributed by atoms with Crippen molar-refractivity contribution in [1.82, 2.24) is 14.8 Å². The fourth-order valence-corrected chi connectivity index (χ4v) is 2.11. The number of nitrogens with zero attached hydrogens (tertiary/aromatic N) is 3. The Kier molecular flexibility index (Phi) is 3.71. The van der Waals surface area contributed by atoms with Crippen LogP contribution >= 0.6 is 11.6 Å². The highest BCUT2D eigenvalue weighted by molar-refractivity contribution is 6.30. The molecule has 1 aromatic carbocycles. The summed E-state index contributed by atoms with van der Waals surface area (Å²) in [5, 5.41) is 8.03. The Morgan fingerprint density at radius 3 is 2.76 bits per heavy atom. The molecule has 0 radical (unpaired) electrons. The number of halogens is 1. The largest absolute Gasteiger partial charge is 0.355 e. The zero-order chi connectivity index (χ0) is 14.7. The third-order valence-corrected chi connectivity index (χ3v) is 3.19. The number of hydrogen-bond acceptors (Lipinski definition) is 3. The fourth-order valence-electron chi connectivity index (χ4n) is 1.92. The van der Waals surface area contributed by atoms with Gasteiger partial charge in [0.1, 0.15) is 0 Å². The van der Waals surface area contributed by atoms with Crippen LogP contribution in [0.25, 0.3) is 11.5 Å². The van der Waals surface area contributed by atoms with E-state index in [1.807, 2.05) is 48.7 Å². The van der Waals surface area contributed by atoms with E-state index in [1.165, 1.54) is 0 Å². The van der Waals surface area contributed by atoms with Gasteiger partial charge in [0, 0.05) is 40.6 Å². The molecule has 0 unspecified atom stereocenters. The van der Waals surface area contributed by atoms with Gasteiger partial charge >= 0.3 is 0 Å². The van der Waals surface area contributed by atoms with Crippen LogP contribution in [0.15, 0.2) is 67.6 Å². The molecule has 0 bridgehead atoms. The molecule has 0 aliphatic heterocycles. The molecule has 21 heavy (non-hydrogen) atoms. The van der Waals surface area contributed by atoms with Crippen LogP contribution in [0.4, 0.5) is 5.69 Å². The van der Waals surface area contributed by atoms with E-state index in [9.17, 15) is 0 Å². The summed E-state index contributed by atoms with van der Waals surface area (Å²) in [6, 6.07) is 13.2. The molecule has 0 saturated carbocycles. The second-order valence-corrected chi connectivity index (χ2v) is 4.91. The first-order chi connectivity index (χ1) is 10.2. The number of aromatic nitrogens is 3. The van der Waals surface area contributed by atoms with Crippen LogP contribution in [-0.4, -0.2) is 14.8 Å². The van der Waals surface area contributed by atoms with Crippen molar-refractivity contribution < 1.29 is 0 Å². The number of pyridine rings is 1. The standard InChI is InChI=1S/C16H13ClN4/c1-12(20-15-5-2-4-14(17)10-15)13-6-7-16(18-11-13)21-9-3-8-19-21/h2-11,20H,1H2. The quantitative estimate of drug-likeness (QED) is 0.791. The Labute approximate surface area is 127 Å². The lowest BCUT2D eigenvalue weighted by atomic mass is 10.2. The topological polar surface area (TPSA) is 42.7 Å². The smallest absolute Gasteiger partial charge is 0.153 e. The Morgan fingerprint density at radius 1 is 1.19 bits per heavy atom. The molecule has 0 spiro atoms. The summed E-state index contributed by atoms with van der Waals surface area (Å²) in [5.41, 5.74) is 2.56. The van der Waals surface area contributed by atoms with E-state index in [1.54, 1.807) is 17.1 Å². The zero-order valence-electron chi connectivity index (χ0n) is 11.2. The predicted molar refractivity (Wildman–Crippen MR) is 85.5 cm³/mol. The van der Waals surface area contributed by atoms with E-state index in [0.29, 0.717) is 5.02 Å². The molecule has 0 atom stereocenters. The highest BCUT2D eigenvalue weighted by Gasteiger charge is 2.03. The molecule has 104 valence electrons. The third-order valence-electron chi connectivity index (χ3n) is 2.96. The lowest BCUT2D eigenvalue weighted by Crippen LogP contribution is -2.01. The lowest BCUT2D eigenvalue weighted by molar-refractivity contribution is 0.846. The maximum absolute atomic E-state index is 5.96. The van der Waals surface area contributed by atoms with Gasteiger partial charge < -0.3 is 5.32 Å². The summed E-state index contributed by atoms with van der Waals surface area (Å²) >= 11 is 5.96. The first-order valence-electron chi connectivity index (χ1n) is 6.40. The van der Waals surface area contributed by atoms with Gasteiger partial charge in [-0.15, -0.1) is 0 Å². The van der Waals surface area contributed by atoms with Crippen molar-refractivity contribution in [3.63, 3.8) is 0 Å². The summed E-state index contributed by atoms with van der Waals surface area (Å²) in [5.74, 6) is 0.763. The van der Waals surface area contributed by atoms with Crippen LogP contribution in [0.3, 0.4) is 0 Å². The van der Waals surface area contributed by atoms with E-state index in [0.717, 1.165) is 22.8 Å². The number of rotatable bonds is 4. The van der Waals surface area contributed by atoms with Gasteiger partial charge in [-0.2, -0.15) is 5.10 Å². The van der Waals surface area contributed by atoms with Crippen molar-refractivity contribution in [3.8, 4) is 5.82 Å². The van der Waals surface area contributed by atoms with Crippen molar-refractivity contribution in [3.05, 3.63) is 78.2 Å². The molecule has 0 saturated heterocycles. The number of benzene rings is 1. The number of nitrogens with one attached hydrogen (secondary N) is 1.